The number of rotatable bonds is 2. The molecule has 2 atom stereocenters. The Balaban J connectivity index is 1.61. The molecular formula is C17H27N3O. The highest BCUT2D eigenvalue weighted by Crippen LogP contribution is 2.35. The monoisotopic (exact) mass is 289 g/mol. The minimum atomic E-state index is -0.747. The van der Waals surface area contributed by atoms with Gasteiger partial charge in [0.1, 0.15) is 5.41 Å². The number of nitrogens with one attached hydrogen (secondary N) is 1. The molecule has 3 aliphatic rings. The summed E-state index contributed by atoms with van der Waals surface area (Å²) in [6.07, 6.45) is 10.5. The highest BCUT2D eigenvalue weighted by Gasteiger charge is 2.41. The first-order chi connectivity index (χ1) is 10.2. The molecule has 4 nitrogen and oxygen atoms in total. The Labute approximate surface area is 127 Å². The van der Waals surface area contributed by atoms with Crippen molar-refractivity contribution in [2.45, 2.75) is 76.3 Å². The Hall–Kier alpha value is -1.08. The lowest BCUT2D eigenvalue weighted by Crippen LogP contribution is -2.51. The third-order valence-electron chi connectivity index (χ3n) is 5.76. The first-order valence-corrected chi connectivity index (χ1v) is 8.70. The van der Waals surface area contributed by atoms with Gasteiger partial charge < -0.3 is 10.2 Å². The third kappa shape index (κ3) is 3.08. The van der Waals surface area contributed by atoms with E-state index in [1.807, 2.05) is 0 Å². The van der Waals surface area contributed by atoms with Gasteiger partial charge >= 0.3 is 0 Å². The zero-order valence-electron chi connectivity index (χ0n) is 12.9. The first-order valence-electron chi connectivity index (χ1n) is 8.70. The minimum absolute atomic E-state index is 0.0170. The number of nitriles is 1. The minimum Gasteiger partial charge on any atom is -0.352 e. The van der Waals surface area contributed by atoms with Crippen LogP contribution in [-0.4, -0.2) is 36.0 Å². The van der Waals surface area contributed by atoms with Crippen molar-refractivity contribution in [2.24, 2.45) is 5.41 Å². The molecule has 0 aromatic rings. The molecule has 2 heterocycles. The van der Waals surface area contributed by atoms with E-state index in [4.69, 9.17) is 0 Å². The summed E-state index contributed by atoms with van der Waals surface area (Å²) in [6, 6.07) is 3.32. The second-order valence-corrected chi connectivity index (χ2v) is 7.13. The van der Waals surface area contributed by atoms with Crippen LogP contribution in [0.5, 0.6) is 0 Å². The molecule has 2 saturated heterocycles. The summed E-state index contributed by atoms with van der Waals surface area (Å²) in [5, 5.41) is 12.8. The second-order valence-electron chi connectivity index (χ2n) is 7.13. The van der Waals surface area contributed by atoms with Crippen molar-refractivity contribution in [3.8, 4) is 6.07 Å². The number of carbonyl (C=O) groups is 1. The number of hydrogen-bond donors (Lipinski definition) is 1. The van der Waals surface area contributed by atoms with Crippen LogP contribution in [0.15, 0.2) is 0 Å². The van der Waals surface area contributed by atoms with Crippen LogP contribution in [0.4, 0.5) is 0 Å². The standard InChI is InChI=1S/C17H27N3O/c18-13-17(8-3-1-2-4-9-17)16(21)19-14-7-11-20-10-5-6-15(20)12-14/h14-15H,1-12H2,(H,19,21). The van der Waals surface area contributed by atoms with Gasteiger partial charge in [-0.25, -0.2) is 0 Å². The van der Waals surface area contributed by atoms with Gasteiger partial charge in [-0.2, -0.15) is 5.26 Å². The van der Waals surface area contributed by atoms with Gasteiger partial charge in [0.15, 0.2) is 0 Å². The van der Waals surface area contributed by atoms with E-state index in [1.54, 1.807) is 0 Å². The lowest BCUT2D eigenvalue weighted by atomic mass is 9.80. The van der Waals surface area contributed by atoms with Crippen molar-refractivity contribution >= 4 is 5.91 Å². The van der Waals surface area contributed by atoms with Gasteiger partial charge in [0.2, 0.25) is 5.91 Å². The molecule has 1 saturated carbocycles. The molecule has 4 heteroatoms. The molecule has 1 N–H and O–H groups in total. The maximum atomic E-state index is 12.7. The molecule has 0 radical (unpaired) electrons. The van der Waals surface area contributed by atoms with E-state index in [2.05, 4.69) is 16.3 Å². The van der Waals surface area contributed by atoms with Crippen LogP contribution in [0, 0.1) is 16.7 Å². The molecule has 1 amide bonds. The van der Waals surface area contributed by atoms with Crippen LogP contribution < -0.4 is 5.32 Å². The molecule has 3 rings (SSSR count). The smallest absolute Gasteiger partial charge is 0.240 e. The average molecular weight is 289 g/mol. The van der Waals surface area contributed by atoms with Gasteiger partial charge in [0.25, 0.3) is 0 Å². The highest BCUT2D eigenvalue weighted by molar-refractivity contribution is 5.85. The van der Waals surface area contributed by atoms with Crippen molar-refractivity contribution in [1.29, 1.82) is 5.26 Å². The topological polar surface area (TPSA) is 56.1 Å². The summed E-state index contributed by atoms with van der Waals surface area (Å²) >= 11 is 0. The average Bonchev–Trinajstić information content (AvgIpc) is 2.82. The fraction of sp³-hybridized carbons (Fsp3) is 0.882. The van der Waals surface area contributed by atoms with Gasteiger partial charge in [-0.15, -0.1) is 0 Å². The van der Waals surface area contributed by atoms with Crippen molar-refractivity contribution in [2.75, 3.05) is 13.1 Å². The Morgan fingerprint density at radius 2 is 1.86 bits per heavy atom. The maximum absolute atomic E-state index is 12.7. The fourth-order valence-corrected chi connectivity index (χ4v) is 4.40. The Morgan fingerprint density at radius 3 is 2.57 bits per heavy atom. The van der Waals surface area contributed by atoms with E-state index >= 15 is 0 Å². The van der Waals surface area contributed by atoms with Crippen molar-refractivity contribution in [1.82, 2.24) is 10.2 Å². The molecule has 2 aliphatic heterocycles. The van der Waals surface area contributed by atoms with Gasteiger partial charge in [-0.05, 0) is 45.1 Å². The van der Waals surface area contributed by atoms with E-state index in [9.17, 15) is 10.1 Å². The largest absolute Gasteiger partial charge is 0.352 e. The molecule has 1 aliphatic carbocycles. The van der Waals surface area contributed by atoms with Gasteiger partial charge in [-0.1, -0.05) is 25.7 Å². The van der Waals surface area contributed by atoms with E-state index in [0.29, 0.717) is 6.04 Å². The molecule has 0 bridgehead atoms. The summed E-state index contributed by atoms with van der Waals surface area (Å²) in [4.78, 5) is 15.3. The normalized spacial score (nSPS) is 32.7. The van der Waals surface area contributed by atoms with E-state index in [1.165, 1.54) is 19.4 Å². The van der Waals surface area contributed by atoms with Crippen molar-refractivity contribution in [3.63, 3.8) is 0 Å². The van der Waals surface area contributed by atoms with Crippen molar-refractivity contribution in [3.05, 3.63) is 0 Å². The SMILES string of the molecule is N#CC1(C(=O)NC2CCN3CCCC3C2)CCCCCC1. The Kier molecular flexibility index (Phi) is 4.49. The highest BCUT2D eigenvalue weighted by atomic mass is 16.2. The molecule has 0 spiro atoms. The summed E-state index contributed by atoms with van der Waals surface area (Å²) in [6.45, 7) is 2.34. The first kappa shape index (κ1) is 14.8. The predicted molar refractivity (Wildman–Crippen MR) is 81.5 cm³/mol. The number of hydrogen-bond acceptors (Lipinski definition) is 3. The lowest BCUT2D eigenvalue weighted by Gasteiger charge is -2.36. The second kappa shape index (κ2) is 6.36. The van der Waals surface area contributed by atoms with Crippen LogP contribution in [0.3, 0.4) is 0 Å². The van der Waals surface area contributed by atoms with E-state index in [-0.39, 0.29) is 11.9 Å². The number of amides is 1. The van der Waals surface area contributed by atoms with Gasteiger partial charge in [0.05, 0.1) is 6.07 Å². The summed E-state index contributed by atoms with van der Waals surface area (Å²) < 4.78 is 0. The zero-order chi connectivity index (χ0) is 14.7. The van der Waals surface area contributed by atoms with Crippen LogP contribution in [-0.2, 0) is 4.79 Å². The number of piperidine rings is 1. The van der Waals surface area contributed by atoms with Crippen molar-refractivity contribution < 1.29 is 4.79 Å². The van der Waals surface area contributed by atoms with Gasteiger partial charge in [0, 0.05) is 18.6 Å². The summed E-state index contributed by atoms with van der Waals surface area (Å²) in [7, 11) is 0. The number of fused-ring (bicyclic) bond motifs is 1. The fourth-order valence-electron chi connectivity index (χ4n) is 4.40. The predicted octanol–water partition coefficient (Wildman–Crippen LogP) is 2.59. The summed E-state index contributed by atoms with van der Waals surface area (Å²) in [5.41, 5.74) is -0.747. The molecular weight excluding hydrogens is 262 g/mol. The van der Waals surface area contributed by atoms with Gasteiger partial charge in [-0.3, -0.25) is 4.79 Å². The quantitative estimate of drug-likeness (QED) is 0.795. The zero-order valence-corrected chi connectivity index (χ0v) is 12.9. The molecule has 0 aromatic carbocycles. The van der Waals surface area contributed by atoms with E-state index in [0.717, 1.165) is 57.9 Å². The maximum Gasteiger partial charge on any atom is 0.240 e. The Bertz CT molecular complexity index is 420. The Morgan fingerprint density at radius 1 is 1.10 bits per heavy atom. The lowest BCUT2D eigenvalue weighted by molar-refractivity contribution is -0.130. The molecule has 3 fully saturated rings. The molecule has 2 unspecified atom stereocenters. The number of nitrogens with zero attached hydrogens (tertiary/aromatic N) is 2. The molecule has 0 aromatic heterocycles. The summed E-state index contributed by atoms with van der Waals surface area (Å²) in [5.74, 6) is 0.0170. The van der Waals surface area contributed by atoms with Crippen LogP contribution in [0.2, 0.25) is 0 Å². The molecule has 21 heavy (non-hydrogen) atoms. The number of carbonyl (C=O) groups excluding carboxylic acids is 1. The molecule has 116 valence electrons. The third-order valence-corrected chi connectivity index (χ3v) is 5.76. The van der Waals surface area contributed by atoms with Crippen LogP contribution >= 0.6 is 0 Å². The van der Waals surface area contributed by atoms with Crippen LogP contribution in [0.25, 0.3) is 0 Å². The van der Waals surface area contributed by atoms with Crippen LogP contribution in [0.1, 0.15) is 64.2 Å². The van der Waals surface area contributed by atoms with E-state index < -0.39 is 5.41 Å².